The molecule has 1 heterocycles. The highest BCUT2D eigenvalue weighted by molar-refractivity contribution is 7.10. The van der Waals surface area contributed by atoms with E-state index in [4.69, 9.17) is 4.74 Å². The summed E-state index contributed by atoms with van der Waals surface area (Å²) in [6.07, 6.45) is 3.67. The molecule has 1 aromatic carbocycles. The van der Waals surface area contributed by atoms with E-state index in [0.717, 1.165) is 12.1 Å². The van der Waals surface area contributed by atoms with Crippen LogP contribution in [0.4, 0.5) is 0 Å². The fraction of sp³-hybridized carbons (Fsp3) is 0.412. The largest absolute Gasteiger partial charge is 0.504 e. The minimum absolute atomic E-state index is 0.207. The summed E-state index contributed by atoms with van der Waals surface area (Å²) < 4.78 is 5.44. The van der Waals surface area contributed by atoms with E-state index in [0.29, 0.717) is 18.4 Å². The van der Waals surface area contributed by atoms with Gasteiger partial charge in [0.15, 0.2) is 11.5 Å². The number of phenolic OH excluding ortho intramolecular Hbond substituents is 1. The van der Waals surface area contributed by atoms with Gasteiger partial charge in [-0.3, -0.25) is 0 Å². The molecule has 1 atom stereocenters. The number of fused-ring (bicyclic) bond motifs is 1. The van der Waals surface area contributed by atoms with Crippen LogP contribution in [0.2, 0.25) is 0 Å². The SMILES string of the molecule is CCOc1cc(CNC2CCCc3sccc32)ccc1O. The molecule has 3 rings (SSSR count). The highest BCUT2D eigenvalue weighted by atomic mass is 32.1. The number of benzene rings is 1. The van der Waals surface area contributed by atoms with Crippen molar-refractivity contribution >= 4 is 11.3 Å². The first kappa shape index (κ1) is 14.4. The van der Waals surface area contributed by atoms with Crippen LogP contribution >= 0.6 is 11.3 Å². The summed E-state index contributed by atoms with van der Waals surface area (Å²) in [6.45, 7) is 3.27. The van der Waals surface area contributed by atoms with Gasteiger partial charge < -0.3 is 15.2 Å². The second-order valence-electron chi connectivity index (χ2n) is 5.36. The van der Waals surface area contributed by atoms with Crippen LogP contribution in [0.3, 0.4) is 0 Å². The standard InChI is InChI=1S/C17H21NO2S/c1-2-20-16-10-12(6-7-15(16)19)11-18-14-4-3-5-17-13(14)8-9-21-17/h6-10,14,18-19H,2-5,11H2,1H3. The summed E-state index contributed by atoms with van der Waals surface area (Å²) in [5.74, 6) is 0.773. The maximum Gasteiger partial charge on any atom is 0.161 e. The number of thiophene rings is 1. The van der Waals surface area contributed by atoms with Crippen LogP contribution in [0.25, 0.3) is 0 Å². The van der Waals surface area contributed by atoms with E-state index in [1.807, 2.05) is 30.4 Å². The molecule has 0 aliphatic heterocycles. The minimum atomic E-state index is 0.207. The van der Waals surface area contributed by atoms with Crippen molar-refractivity contribution in [3.05, 3.63) is 45.6 Å². The molecule has 0 fully saturated rings. The van der Waals surface area contributed by atoms with Crippen LogP contribution < -0.4 is 10.1 Å². The molecule has 3 nitrogen and oxygen atoms in total. The molecule has 0 bridgehead atoms. The zero-order valence-corrected chi connectivity index (χ0v) is 13.1. The molecule has 0 amide bonds. The Morgan fingerprint density at radius 2 is 2.29 bits per heavy atom. The van der Waals surface area contributed by atoms with Crippen molar-refractivity contribution in [3.63, 3.8) is 0 Å². The molecule has 1 aromatic heterocycles. The summed E-state index contributed by atoms with van der Waals surface area (Å²) in [7, 11) is 0. The lowest BCUT2D eigenvalue weighted by atomic mass is 9.94. The van der Waals surface area contributed by atoms with Gasteiger partial charge in [-0.25, -0.2) is 0 Å². The van der Waals surface area contributed by atoms with Crippen LogP contribution in [-0.2, 0) is 13.0 Å². The predicted molar refractivity (Wildman–Crippen MR) is 86.1 cm³/mol. The number of ether oxygens (including phenoxy) is 1. The van der Waals surface area contributed by atoms with Crippen molar-refractivity contribution in [2.45, 2.75) is 38.8 Å². The molecule has 0 saturated heterocycles. The molecule has 21 heavy (non-hydrogen) atoms. The molecule has 1 unspecified atom stereocenters. The van der Waals surface area contributed by atoms with Crippen molar-refractivity contribution in [2.75, 3.05) is 6.61 Å². The molecule has 1 aliphatic carbocycles. The predicted octanol–water partition coefficient (Wildman–Crippen LogP) is 4.02. The lowest BCUT2D eigenvalue weighted by Crippen LogP contribution is -2.23. The van der Waals surface area contributed by atoms with Gasteiger partial charge in [0.1, 0.15) is 0 Å². The van der Waals surface area contributed by atoms with Gasteiger partial charge in [0.25, 0.3) is 0 Å². The second-order valence-corrected chi connectivity index (χ2v) is 6.36. The normalized spacial score (nSPS) is 17.5. The van der Waals surface area contributed by atoms with Gasteiger partial charge in [-0.05, 0) is 60.9 Å². The maximum atomic E-state index is 9.74. The lowest BCUT2D eigenvalue weighted by Gasteiger charge is -2.24. The molecule has 0 saturated carbocycles. The molecular formula is C17H21NO2S. The van der Waals surface area contributed by atoms with Crippen molar-refractivity contribution in [1.29, 1.82) is 0 Å². The smallest absolute Gasteiger partial charge is 0.161 e. The summed E-state index contributed by atoms with van der Waals surface area (Å²) in [4.78, 5) is 1.53. The van der Waals surface area contributed by atoms with E-state index in [2.05, 4.69) is 16.8 Å². The molecule has 0 radical (unpaired) electrons. The van der Waals surface area contributed by atoms with Gasteiger partial charge >= 0.3 is 0 Å². The highest BCUT2D eigenvalue weighted by Crippen LogP contribution is 2.33. The van der Waals surface area contributed by atoms with Crippen molar-refractivity contribution in [3.8, 4) is 11.5 Å². The summed E-state index contributed by atoms with van der Waals surface area (Å²) >= 11 is 1.87. The average Bonchev–Trinajstić information content (AvgIpc) is 2.97. The van der Waals surface area contributed by atoms with Crippen molar-refractivity contribution in [2.24, 2.45) is 0 Å². The summed E-state index contributed by atoms with van der Waals surface area (Å²) in [5.41, 5.74) is 2.61. The lowest BCUT2D eigenvalue weighted by molar-refractivity contribution is 0.317. The zero-order chi connectivity index (χ0) is 14.7. The number of aromatic hydroxyl groups is 1. The van der Waals surface area contributed by atoms with Crippen molar-refractivity contribution in [1.82, 2.24) is 5.32 Å². The Labute approximate surface area is 129 Å². The highest BCUT2D eigenvalue weighted by Gasteiger charge is 2.20. The molecular weight excluding hydrogens is 282 g/mol. The number of hydrogen-bond donors (Lipinski definition) is 2. The number of nitrogens with one attached hydrogen (secondary N) is 1. The quantitative estimate of drug-likeness (QED) is 0.876. The Morgan fingerprint density at radius 3 is 3.14 bits per heavy atom. The third kappa shape index (κ3) is 3.22. The summed E-state index contributed by atoms with van der Waals surface area (Å²) in [5, 5.41) is 15.6. The molecule has 0 spiro atoms. The molecule has 4 heteroatoms. The van der Waals surface area contributed by atoms with Gasteiger partial charge in [0, 0.05) is 17.5 Å². The Morgan fingerprint density at radius 1 is 1.38 bits per heavy atom. The molecule has 2 aromatic rings. The fourth-order valence-corrected chi connectivity index (χ4v) is 3.87. The van der Waals surface area contributed by atoms with Crippen LogP contribution in [-0.4, -0.2) is 11.7 Å². The van der Waals surface area contributed by atoms with Crippen LogP contribution in [0.15, 0.2) is 29.6 Å². The molecule has 112 valence electrons. The number of rotatable bonds is 5. The van der Waals surface area contributed by atoms with E-state index in [1.54, 1.807) is 6.07 Å². The Hall–Kier alpha value is -1.52. The number of hydrogen-bond acceptors (Lipinski definition) is 4. The third-order valence-corrected chi connectivity index (χ3v) is 4.93. The number of aryl methyl sites for hydroxylation is 1. The van der Waals surface area contributed by atoms with Crippen LogP contribution in [0.5, 0.6) is 11.5 Å². The van der Waals surface area contributed by atoms with Gasteiger partial charge in [-0.15, -0.1) is 11.3 Å². The topological polar surface area (TPSA) is 41.5 Å². The van der Waals surface area contributed by atoms with Gasteiger partial charge in [-0.1, -0.05) is 6.07 Å². The summed E-state index contributed by atoms with van der Waals surface area (Å²) in [6, 6.07) is 8.27. The average molecular weight is 303 g/mol. The van der Waals surface area contributed by atoms with E-state index in [9.17, 15) is 5.11 Å². The first-order valence-electron chi connectivity index (χ1n) is 7.52. The number of phenols is 1. The monoisotopic (exact) mass is 303 g/mol. The molecule has 1 aliphatic rings. The van der Waals surface area contributed by atoms with Gasteiger partial charge in [0.05, 0.1) is 6.61 Å². The van der Waals surface area contributed by atoms with E-state index >= 15 is 0 Å². The first-order valence-corrected chi connectivity index (χ1v) is 8.40. The van der Waals surface area contributed by atoms with Gasteiger partial charge in [0.2, 0.25) is 0 Å². The second kappa shape index (κ2) is 6.50. The van der Waals surface area contributed by atoms with E-state index < -0.39 is 0 Å². The van der Waals surface area contributed by atoms with E-state index in [-0.39, 0.29) is 5.75 Å². The fourth-order valence-electron chi connectivity index (χ4n) is 2.88. The molecule has 2 N–H and O–H groups in total. The van der Waals surface area contributed by atoms with Crippen LogP contribution in [0, 0.1) is 0 Å². The Balaban J connectivity index is 1.67. The third-order valence-electron chi connectivity index (χ3n) is 3.93. The van der Waals surface area contributed by atoms with Crippen LogP contribution in [0.1, 0.15) is 41.8 Å². The minimum Gasteiger partial charge on any atom is -0.504 e. The van der Waals surface area contributed by atoms with Gasteiger partial charge in [-0.2, -0.15) is 0 Å². The zero-order valence-electron chi connectivity index (χ0n) is 12.3. The Kier molecular flexibility index (Phi) is 4.46. The maximum absolute atomic E-state index is 9.74. The first-order chi connectivity index (χ1) is 10.3. The van der Waals surface area contributed by atoms with E-state index in [1.165, 1.54) is 29.7 Å². The Bertz CT molecular complexity index is 609. The van der Waals surface area contributed by atoms with Crippen molar-refractivity contribution < 1.29 is 9.84 Å².